The fourth-order valence-corrected chi connectivity index (χ4v) is 6.08. The van der Waals surface area contributed by atoms with Crippen LogP contribution in [0.1, 0.15) is 62.4 Å². The number of oxazole rings is 1. The average Bonchev–Trinajstić information content (AvgIpc) is 3.55. The highest BCUT2D eigenvalue weighted by Crippen LogP contribution is 2.43. The molecule has 4 aromatic rings. The number of carbonyl (C=O) groups is 3. The van der Waals surface area contributed by atoms with Gasteiger partial charge in [0.2, 0.25) is 0 Å². The fourth-order valence-electron chi connectivity index (χ4n) is 4.76. The Kier molecular flexibility index (Phi) is 7.05. The summed E-state index contributed by atoms with van der Waals surface area (Å²) in [5.41, 5.74) is 3.60. The molecule has 0 fully saturated rings. The Hall–Kier alpha value is -3.98. The molecule has 37 heavy (non-hydrogen) atoms. The van der Waals surface area contributed by atoms with Crippen LogP contribution >= 0.6 is 11.3 Å². The maximum absolute atomic E-state index is 13.2. The summed E-state index contributed by atoms with van der Waals surface area (Å²) in [7, 11) is 1.33. The first-order valence-corrected chi connectivity index (χ1v) is 12.9. The first-order chi connectivity index (χ1) is 18.0. The van der Waals surface area contributed by atoms with Gasteiger partial charge in [0.25, 0.3) is 5.91 Å². The highest BCUT2D eigenvalue weighted by Gasteiger charge is 2.32. The van der Waals surface area contributed by atoms with Crippen LogP contribution in [0.5, 0.6) is 0 Å². The summed E-state index contributed by atoms with van der Waals surface area (Å²) >= 11 is 1.38. The van der Waals surface area contributed by atoms with Crippen molar-refractivity contribution in [3.05, 3.63) is 82.1 Å². The van der Waals surface area contributed by atoms with Crippen LogP contribution in [-0.2, 0) is 27.1 Å². The van der Waals surface area contributed by atoms with E-state index >= 15 is 0 Å². The standard InChI is InChI=1S/C28H26N2O6S/c1-3-20(36-27(32)19-10-7-11-21-24(19)29-15-35-21)25(31)30-26-23(28(33)34-2)18-13-12-17(14-22(18)37-26)16-8-5-4-6-9-16/h4-11,15,17,20H,3,12-14H2,1-2H3,(H,30,31). The summed E-state index contributed by atoms with van der Waals surface area (Å²) in [5, 5.41) is 3.27. The average molecular weight is 519 g/mol. The largest absolute Gasteiger partial charge is 0.465 e. The number of rotatable bonds is 7. The number of ether oxygens (including phenoxy) is 2. The van der Waals surface area contributed by atoms with Gasteiger partial charge in [0.1, 0.15) is 10.5 Å². The van der Waals surface area contributed by atoms with Gasteiger partial charge in [-0.25, -0.2) is 14.6 Å². The Labute approximate surface area is 217 Å². The van der Waals surface area contributed by atoms with Crippen LogP contribution in [0.3, 0.4) is 0 Å². The number of aromatic nitrogens is 1. The highest BCUT2D eigenvalue weighted by molar-refractivity contribution is 7.17. The molecule has 2 aromatic heterocycles. The van der Waals surface area contributed by atoms with Gasteiger partial charge in [-0.15, -0.1) is 11.3 Å². The number of hydrogen-bond acceptors (Lipinski definition) is 8. The van der Waals surface area contributed by atoms with Crippen LogP contribution in [-0.4, -0.2) is 36.0 Å². The number of carbonyl (C=O) groups excluding carboxylic acids is 3. The molecule has 1 aliphatic rings. The molecule has 0 spiro atoms. The Morgan fingerprint density at radius 1 is 1.14 bits per heavy atom. The second-order valence-corrected chi connectivity index (χ2v) is 9.95. The van der Waals surface area contributed by atoms with Crippen molar-refractivity contribution < 1.29 is 28.3 Å². The molecule has 8 nitrogen and oxygen atoms in total. The zero-order valence-electron chi connectivity index (χ0n) is 20.5. The number of anilines is 1. The van der Waals surface area contributed by atoms with Crippen molar-refractivity contribution in [1.82, 2.24) is 4.98 Å². The maximum Gasteiger partial charge on any atom is 0.341 e. The van der Waals surface area contributed by atoms with E-state index in [0.29, 0.717) is 34.0 Å². The van der Waals surface area contributed by atoms with Gasteiger partial charge in [0, 0.05) is 4.88 Å². The third-order valence-electron chi connectivity index (χ3n) is 6.66. The lowest BCUT2D eigenvalue weighted by Crippen LogP contribution is -2.32. The molecule has 0 saturated heterocycles. The summed E-state index contributed by atoms with van der Waals surface area (Å²) in [5.74, 6) is -1.34. The minimum Gasteiger partial charge on any atom is -0.465 e. The number of hydrogen-bond donors (Lipinski definition) is 1. The van der Waals surface area contributed by atoms with Crippen LogP contribution in [0.4, 0.5) is 5.00 Å². The number of esters is 2. The van der Waals surface area contributed by atoms with Crippen LogP contribution in [0.2, 0.25) is 0 Å². The van der Waals surface area contributed by atoms with Crippen molar-refractivity contribution in [2.45, 2.75) is 44.6 Å². The molecule has 2 heterocycles. The van der Waals surface area contributed by atoms with E-state index in [9.17, 15) is 14.4 Å². The topological polar surface area (TPSA) is 108 Å². The van der Waals surface area contributed by atoms with Crippen molar-refractivity contribution in [2.24, 2.45) is 0 Å². The maximum atomic E-state index is 13.2. The van der Waals surface area contributed by atoms with E-state index in [0.717, 1.165) is 23.3 Å². The van der Waals surface area contributed by atoms with Gasteiger partial charge >= 0.3 is 11.9 Å². The Balaban J connectivity index is 1.37. The quantitative estimate of drug-likeness (QED) is 0.321. The van der Waals surface area contributed by atoms with E-state index in [2.05, 4.69) is 22.4 Å². The van der Waals surface area contributed by atoms with Crippen molar-refractivity contribution in [1.29, 1.82) is 0 Å². The minimum absolute atomic E-state index is 0.214. The summed E-state index contributed by atoms with van der Waals surface area (Å²) in [6.45, 7) is 1.75. The van der Waals surface area contributed by atoms with Crippen molar-refractivity contribution in [3.63, 3.8) is 0 Å². The SMILES string of the molecule is CCC(OC(=O)c1cccc2ocnc12)C(=O)Nc1sc2c(c1C(=O)OC)CCC(c1ccccc1)C2. The van der Waals surface area contributed by atoms with Gasteiger partial charge in [0.05, 0.1) is 18.2 Å². The van der Waals surface area contributed by atoms with Crippen LogP contribution in [0, 0.1) is 0 Å². The van der Waals surface area contributed by atoms with E-state index in [1.807, 2.05) is 18.2 Å². The number of amides is 1. The van der Waals surface area contributed by atoms with Gasteiger partial charge in [-0.2, -0.15) is 0 Å². The van der Waals surface area contributed by atoms with Crippen LogP contribution in [0.25, 0.3) is 11.1 Å². The van der Waals surface area contributed by atoms with E-state index in [-0.39, 0.29) is 12.0 Å². The molecule has 1 amide bonds. The molecule has 0 saturated carbocycles. The molecule has 2 aromatic carbocycles. The molecular weight excluding hydrogens is 492 g/mol. The third kappa shape index (κ3) is 4.86. The Bertz CT molecular complexity index is 1460. The van der Waals surface area contributed by atoms with Gasteiger partial charge in [-0.3, -0.25) is 4.79 Å². The summed E-state index contributed by atoms with van der Waals surface area (Å²) in [4.78, 5) is 44.0. The smallest absolute Gasteiger partial charge is 0.341 e. The molecule has 9 heteroatoms. The zero-order chi connectivity index (χ0) is 25.9. The molecule has 5 rings (SSSR count). The van der Waals surface area contributed by atoms with Crippen molar-refractivity contribution in [3.8, 4) is 0 Å². The summed E-state index contributed by atoms with van der Waals surface area (Å²) in [6.07, 6.45) is 2.82. The number of nitrogens with zero attached hydrogens (tertiary/aromatic N) is 1. The second-order valence-electron chi connectivity index (χ2n) is 8.85. The number of nitrogens with one attached hydrogen (secondary N) is 1. The van der Waals surface area contributed by atoms with E-state index < -0.39 is 23.9 Å². The second kappa shape index (κ2) is 10.6. The Morgan fingerprint density at radius 2 is 1.95 bits per heavy atom. The van der Waals surface area contributed by atoms with Crippen LogP contribution < -0.4 is 5.32 Å². The molecule has 190 valence electrons. The Morgan fingerprint density at radius 3 is 2.70 bits per heavy atom. The van der Waals surface area contributed by atoms with Gasteiger partial charge in [-0.1, -0.05) is 43.3 Å². The monoisotopic (exact) mass is 518 g/mol. The number of benzene rings is 2. The predicted octanol–water partition coefficient (Wildman–Crippen LogP) is 5.52. The molecular formula is C28H26N2O6S. The first-order valence-electron chi connectivity index (χ1n) is 12.1. The fraction of sp³-hybridized carbons (Fsp3) is 0.286. The van der Waals surface area contributed by atoms with Gasteiger partial charge in [0.15, 0.2) is 18.1 Å². The van der Waals surface area contributed by atoms with E-state index in [1.54, 1.807) is 25.1 Å². The molecule has 0 bridgehead atoms. The molecule has 2 unspecified atom stereocenters. The highest BCUT2D eigenvalue weighted by atomic mass is 32.1. The predicted molar refractivity (Wildman–Crippen MR) is 139 cm³/mol. The summed E-state index contributed by atoms with van der Waals surface area (Å²) in [6, 6.07) is 15.2. The number of methoxy groups -OCH3 is 1. The molecule has 1 N–H and O–H groups in total. The van der Waals surface area contributed by atoms with Crippen molar-refractivity contribution in [2.75, 3.05) is 12.4 Å². The third-order valence-corrected chi connectivity index (χ3v) is 7.83. The van der Waals surface area contributed by atoms with E-state index in [1.165, 1.54) is 30.4 Å². The minimum atomic E-state index is -1.06. The zero-order valence-corrected chi connectivity index (χ0v) is 21.3. The van der Waals surface area contributed by atoms with Gasteiger partial charge < -0.3 is 19.2 Å². The molecule has 1 aliphatic carbocycles. The number of fused-ring (bicyclic) bond motifs is 2. The number of para-hydroxylation sites is 1. The lowest BCUT2D eigenvalue weighted by atomic mass is 9.83. The van der Waals surface area contributed by atoms with Gasteiger partial charge in [-0.05, 0) is 54.9 Å². The lowest BCUT2D eigenvalue weighted by molar-refractivity contribution is -0.124. The van der Waals surface area contributed by atoms with E-state index in [4.69, 9.17) is 13.9 Å². The van der Waals surface area contributed by atoms with Crippen molar-refractivity contribution >= 4 is 45.3 Å². The van der Waals surface area contributed by atoms with Crippen LogP contribution in [0.15, 0.2) is 59.3 Å². The first kappa shape index (κ1) is 24.7. The molecule has 0 radical (unpaired) electrons. The lowest BCUT2D eigenvalue weighted by Gasteiger charge is -2.22. The molecule has 0 aliphatic heterocycles. The summed E-state index contributed by atoms with van der Waals surface area (Å²) < 4.78 is 15.9. The normalized spacial score (nSPS) is 15.6. The number of thiophene rings is 1. The molecule has 2 atom stereocenters.